The number of esters is 2. The number of phenols is 1. The number of carbonyl (C=O) groups is 6. The molecule has 9 aromatic rings. The van der Waals surface area contributed by atoms with Crippen molar-refractivity contribution >= 4 is 79.6 Å². The summed E-state index contributed by atoms with van der Waals surface area (Å²) >= 11 is 5.40. The molecule has 9 rings (SSSR count). The van der Waals surface area contributed by atoms with Crippen LogP contribution in [0, 0.1) is 0 Å². The van der Waals surface area contributed by atoms with E-state index in [0.29, 0.717) is 67.6 Å². The van der Waals surface area contributed by atoms with Crippen LogP contribution in [0.4, 0.5) is 0 Å². The molecule has 0 aliphatic heterocycles. The SMILES string of the molecule is CC(=O)c1nn(CC(=O)O)c2ccc(OCc3ncccn3)cc12.COC(=O)Cn1nc(C(C)=O)c2cc(O)ccc21.COC(=O)Cn1nc(C(C)=O)c2cc(OCc3ncccn3)ccc21.ClCc1ncccn1. The fourth-order valence-electron chi connectivity index (χ4n) is 6.81. The van der Waals surface area contributed by atoms with E-state index in [1.54, 1.807) is 97.8 Å². The molecular weight excluding hydrogens is 996 g/mol. The van der Waals surface area contributed by atoms with Crippen LogP contribution in [0.2, 0.25) is 0 Å². The van der Waals surface area contributed by atoms with Gasteiger partial charge in [0.1, 0.15) is 73.0 Å². The Balaban J connectivity index is 0.000000172. The molecule has 6 heterocycles. The van der Waals surface area contributed by atoms with E-state index in [1.807, 2.05) is 0 Å². The molecule has 0 aliphatic carbocycles. The number of fused-ring (bicyclic) bond motifs is 3. The summed E-state index contributed by atoms with van der Waals surface area (Å²) in [6, 6.07) is 20.0. The van der Waals surface area contributed by atoms with Gasteiger partial charge in [-0.25, -0.2) is 29.9 Å². The molecule has 0 spiro atoms. The zero-order valence-corrected chi connectivity index (χ0v) is 41.6. The number of benzene rings is 3. The average Bonchev–Trinajstić information content (AvgIpc) is 4.10. The van der Waals surface area contributed by atoms with Gasteiger partial charge in [0, 0.05) is 74.1 Å². The van der Waals surface area contributed by atoms with E-state index >= 15 is 0 Å². The van der Waals surface area contributed by atoms with Crippen molar-refractivity contribution in [3.05, 3.63) is 145 Å². The third kappa shape index (κ3) is 15.0. The summed E-state index contributed by atoms with van der Waals surface area (Å²) in [4.78, 5) is 92.8. The Morgan fingerprint density at radius 3 is 1.19 bits per heavy atom. The maximum absolute atomic E-state index is 11.9. The lowest BCUT2D eigenvalue weighted by molar-refractivity contribution is -0.142. The normalized spacial score (nSPS) is 10.5. The van der Waals surface area contributed by atoms with Gasteiger partial charge in [-0.05, 0) is 72.8 Å². The fourth-order valence-corrected chi connectivity index (χ4v) is 6.95. The molecule has 0 atom stereocenters. The Morgan fingerprint density at radius 1 is 0.507 bits per heavy atom. The van der Waals surface area contributed by atoms with Crippen LogP contribution >= 0.6 is 11.6 Å². The van der Waals surface area contributed by atoms with Crippen molar-refractivity contribution in [2.24, 2.45) is 0 Å². The lowest BCUT2D eigenvalue weighted by atomic mass is 10.1. The van der Waals surface area contributed by atoms with Crippen LogP contribution in [-0.2, 0) is 62.6 Å². The van der Waals surface area contributed by atoms with Crippen molar-refractivity contribution in [2.75, 3.05) is 14.2 Å². The number of ketones is 3. The second kappa shape index (κ2) is 26.2. The van der Waals surface area contributed by atoms with Gasteiger partial charge in [0.25, 0.3) is 0 Å². The summed E-state index contributed by atoms with van der Waals surface area (Å²) in [5.74, 6) is 0.672. The van der Waals surface area contributed by atoms with Crippen molar-refractivity contribution in [1.82, 2.24) is 59.2 Å². The zero-order chi connectivity index (χ0) is 54.0. The summed E-state index contributed by atoms with van der Waals surface area (Å²) in [5.41, 5.74) is 2.53. The lowest BCUT2D eigenvalue weighted by Crippen LogP contribution is -2.13. The maximum Gasteiger partial charge on any atom is 0.327 e. The van der Waals surface area contributed by atoms with Crippen molar-refractivity contribution in [1.29, 1.82) is 0 Å². The Kier molecular flexibility index (Phi) is 19.1. The first kappa shape index (κ1) is 54.7. The van der Waals surface area contributed by atoms with Gasteiger partial charge in [-0.15, -0.1) is 11.6 Å². The largest absolute Gasteiger partial charge is 0.508 e. The van der Waals surface area contributed by atoms with Gasteiger partial charge in [0.2, 0.25) is 0 Å². The molecule has 0 amide bonds. The molecule has 24 nitrogen and oxygen atoms in total. The highest BCUT2D eigenvalue weighted by Crippen LogP contribution is 2.27. The first-order chi connectivity index (χ1) is 36.1. The average molecular weight is 1040 g/mol. The number of aliphatic carboxylic acids is 1. The first-order valence-electron chi connectivity index (χ1n) is 22.3. The molecule has 25 heteroatoms. The van der Waals surface area contributed by atoms with Crippen LogP contribution in [0.1, 0.15) is 69.7 Å². The first-order valence-corrected chi connectivity index (χ1v) is 22.8. The van der Waals surface area contributed by atoms with Crippen molar-refractivity contribution in [3.8, 4) is 17.2 Å². The quantitative estimate of drug-likeness (QED) is 0.0655. The van der Waals surface area contributed by atoms with Crippen LogP contribution < -0.4 is 9.47 Å². The number of ether oxygens (including phenoxy) is 4. The van der Waals surface area contributed by atoms with Crippen LogP contribution in [-0.4, -0.2) is 119 Å². The van der Waals surface area contributed by atoms with Crippen LogP contribution in [0.5, 0.6) is 17.2 Å². The van der Waals surface area contributed by atoms with E-state index in [2.05, 4.69) is 54.7 Å². The number of aromatic hydroxyl groups is 1. The molecule has 0 saturated heterocycles. The smallest absolute Gasteiger partial charge is 0.327 e. The van der Waals surface area contributed by atoms with Crippen LogP contribution in [0.3, 0.4) is 0 Å². The fraction of sp³-hybridized carbons (Fsp3) is 0.220. The predicted octanol–water partition coefficient (Wildman–Crippen LogP) is 5.81. The number of hydrogen-bond donors (Lipinski definition) is 2. The number of aromatic nitrogens is 12. The van der Waals surface area contributed by atoms with E-state index in [-0.39, 0.29) is 73.0 Å². The molecule has 0 radical (unpaired) electrons. The monoisotopic (exact) mass is 1040 g/mol. The number of hydrogen-bond acceptors (Lipinski definition) is 20. The molecule has 0 bridgehead atoms. The molecule has 2 N–H and O–H groups in total. The summed E-state index contributed by atoms with van der Waals surface area (Å²) < 4.78 is 24.7. The number of carboxylic acid groups (broad SMARTS) is 1. The molecule has 3 aromatic carbocycles. The van der Waals surface area contributed by atoms with Gasteiger partial charge in [0.15, 0.2) is 29.0 Å². The second-order valence-corrected chi connectivity index (χ2v) is 15.8. The van der Waals surface area contributed by atoms with E-state index < -0.39 is 17.9 Å². The summed E-state index contributed by atoms with van der Waals surface area (Å²) in [6.45, 7) is 4.12. The highest BCUT2D eigenvalue weighted by atomic mass is 35.5. The molecule has 386 valence electrons. The van der Waals surface area contributed by atoms with Gasteiger partial charge in [-0.3, -0.25) is 42.8 Å². The number of Topliss-reactive ketones (excluding diaryl/α,β-unsaturated/α-hetero) is 3. The topological polar surface area (TPSA) is 311 Å². The molecule has 0 saturated carbocycles. The molecule has 0 aliphatic rings. The lowest BCUT2D eigenvalue weighted by Gasteiger charge is -2.06. The van der Waals surface area contributed by atoms with E-state index in [0.717, 1.165) is 0 Å². The van der Waals surface area contributed by atoms with Crippen molar-refractivity contribution in [3.63, 3.8) is 0 Å². The minimum Gasteiger partial charge on any atom is -0.508 e. The standard InChI is InChI=1S/C17H16N4O4.C16H14N4O4.C12H12N2O4.C5H5ClN2/c1-11(22)17-13-8-12(25-10-15-18-6-3-7-19-15)4-5-14(13)21(20-17)9-16(23)24-2;1-10(21)16-12-7-11(24-9-14-17-5-2-6-18-14)3-4-13(12)20(19-16)8-15(22)23;1-7(15)12-9-5-8(16)3-4-10(9)14(13-12)6-11(17)18-2;6-4-5-7-2-1-3-8-5/h3-8H,9-10H2,1-2H3;2-7H,8-9H2,1H3,(H,22,23);3-5,16H,6H2,1-2H3;1-3H,4H2. The summed E-state index contributed by atoms with van der Waals surface area (Å²) in [7, 11) is 2.59. The zero-order valence-electron chi connectivity index (χ0n) is 40.9. The summed E-state index contributed by atoms with van der Waals surface area (Å²) in [6.07, 6.45) is 9.87. The highest BCUT2D eigenvalue weighted by molar-refractivity contribution is 6.16. The molecule has 75 heavy (non-hydrogen) atoms. The molecule has 0 fully saturated rings. The van der Waals surface area contributed by atoms with Gasteiger partial charge >= 0.3 is 17.9 Å². The number of nitrogens with zero attached hydrogens (tertiary/aromatic N) is 12. The Hall–Kier alpha value is -9.58. The second-order valence-electron chi connectivity index (χ2n) is 15.5. The van der Waals surface area contributed by atoms with Crippen molar-refractivity contribution < 1.29 is 57.9 Å². The number of carboxylic acids is 1. The number of phenolic OH excluding ortho intramolecular Hbond substituents is 1. The molecule has 6 aromatic heterocycles. The highest BCUT2D eigenvalue weighted by Gasteiger charge is 2.20. The number of halogens is 1. The number of alkyl halides is 1. The Morgan fingerprint density at radius 2 is 0.853 bits per heavy atom. The third-order valence-electron chi connectivity index (χ3n) is 10.2. The minimum absolute atomic E-state index is 0.0441. The van der Waals surface area contributed by atoms with Gasteiger partial charge in [0.05, 0.1) is 36.6 Å². The van der Waals surface area contributed by atoms with Crippen LogP contribution in [0.25, 0.3) is 32.7 Å². The van der Waals surface area contributed by atoms with E-state index in [9.17, 15) is 33.9 Å². The predicted molar refractivity (Wildman–Crippen MR) is 267 cm³/mol. The summed E-state index contributed by atoms with van der Waals surface area (Å²) in [5, 5.41) is 32.5. The number of carbonyl (C=O) groups excluding carboxylic acids is 5. The van der Waals surface area contributed by atoms with Gasteiger partial charge in [-0.2, -0.15) is 15.3 Å². The third-order valence-corrected chi connectivity index (χ3v) is 10.4. The Labute approximate surface area is 430 Å². The van der Waals surface area contributed by atoms with Crippen molar-refractivity contribution in [2.45, 2.75) is 59.5 Å². The number of rotatable bonds is 16. The Bertz CT molecular complexity index is 3460. The van der Waals surface area contributed by atoms with E-state index in [1.165, 1.54) is 61.2 Å². The minimum atomic E-state index is -1.03. The van der Waals surface area contributed by atoms with E-state index in [4.69, 9.17) is 26.2 Å². The van der Waals surface area contributed by atoms with Gasteiger partial charge < -0.3 is 29.2 Å². The van der Waals surface area contributed by atoms with Gasteiger partial charge in [-0.1, -0.05) is 0 Å². The molecule has 0 unspecified atom stereocenters. The molecular formula is C50H47ClN12O12. The number of methoxy groups -OCH3 is 2. The van der Waals surface area contributed by atoms with Crippen LogP contribution in [0.15, 0.2) is 110 Å². The maximum atomic E-state index is 11.9.